The summed E-state index contributed by atoms with van der Waals surface area (Å²) in [6.07, 6.45) is 2.59. The molecule has 25 heavy (non-hydrogen) atoms. The molecule has 1 aliphatic rings. The normalized spacial score (nSPS) is 18.5. The molecule has 0 heterocycles. The highest BCUT2D eigenvalue weighted by Gasteiger charge is 2.60. The number of benzene rings is 2. The van der Waals surface area contributed by atoms with Crippen molar-refractivity contribution in [2.24, 2.45) is 16.9 Å². The molecule has 3 nitrogen and oxygen atoms in total. The molecule has 1 fully saturated rings. The average Bonchev–Trinajstić information content (AvgIpc) is 3.32. The van der Waals surface area contributed by atoms with Crippen molar-refractivity contribution in [2.75, 3.05) is 0 Å². The Kier molecular flexibility index (Phi) is 4.76. The maximum Gasteiger partial charge on any atom is 0.244 e. The van der Waals surface area contributed by atoms with Gasteiger partial charge in [-0.05, 0) is 37.3 Å². The summed E-state index contributed by atoms with van der Waals surface area (Å²) in [5, 5.41) is 4.09. The fourth-order valence-corrected chi connectivity index (χ4v) is 3.41. The summed E-state index contributed by atoms with van der Waals surface area (Å²) in [5.41, 5.74) is 7.35. The van der Waals surface area contributed by atoms with Gasteiger partial charge in [0, 0.05) is 11.6 Å². The predicted octanol–water partition coefficient (Wildman–Crippen LogP) is 4.37. The van der Waals surface area contributed by atoms with E-state index in [1.165, 1.54) is 22.3 Å². The lowest BCUT2D eigenvalue weighted by Gasteiger charge is -2.19. The Labute approximate surface area is 150 Å². The van der Waals surface area contributed by atoms with Crippen LogP contribution < -0.4 is 5.43 Å². The molecule has 2 aromatic carbocycles. The monoisotopic (exact) mass is 334 g/mol. The summed E-state index contributed by atoms with van der Waals surface area (Å²) in [4.78, 5) is 12.7. The SMILES string of the molecule is Cc1ccc(C2(c3ccc(C)cc3)C[C@@H]2C(=O)NN=CC(C)C)cc1. The van der Waals surface area contributed by atoms with Crippen molar-refractivity contribution in [3.05, 3.63) is 70.8 Å². The summed E-state index contributed by atoms with van der Waals surface area (Å²) in [7, 11) is 0. The van der Waals surface area contributed by atoms with Crippen molar-refractivity contribution in [2.45, 2.75) is 39.5 Å². The van der Waals surface area contributed by atoms with Gasteiger partial charge in [-0.2, -0.15) is 5.10 Å². The second-order valence-corrected chi connectivity index (χ2v) is 7.46. The Hall–Kier alpha value is -2.42. The van der Waals surface area contributed by atoms with E-state index in [4.69, 9.17) is 0 Å². The number of carbonyl (C=O) groups is 1. The van der Waals surface area contributed by atoms with E-state index in [2.05, 4.69) is 72.9 Å². The second-order valence-electron chi connectivity index (χ2n) is 7.46. The van der Waals surface area contributed by atoms with Crippen LogP contribution in [0.2, 0.25) is 0 Å². The molecule has 0 radical (unpaired) electrons. The van der Waals surface area contributed by atoms with E-state index < -0.39 is 0 Å². The Bertz CT molecular complexity index is 727. The van der Waals surface area contributed by atoms with Gasteiger partial charge >= 0.3 is 0 Å². The van der Waals surface area contributed by atoms with Crippen molar-refractivity contribution in [1.29, 1.82) is 0 Å². The molecule has 3 heteroatoms. The number of hydrogen-bond donors (Lipinski definition) is 1. The Balaban J connectivity index is 1.91. The molecule has 2 aromatic rings. The van der Waals surface area contributed by atoms with Gasteiger partial charge in [0.05, 0.1) is 5.92 Å². The molecule has 1 aliphatic carbocycles. The van der Waals surface area contributed by atoms with E-state index in [1.807, 2.05) is 13.8 Å². The fourth-order valence-electron chi connectivity index (χ4n) is 3.41. The second kappa shape index (κ2) is 6.83. The van der Waals surface area contributed by atoms with Crippen molar-refractivity contribution in [3.8, 4) is 0 Å². The summed E-state index contributed by atoms with van der Waals surface area (Å²) in [6.45, 7) is 8.24. The number of carbonyl (C=O) groups excluding carboxylic acids is 1. The van der Waals surface area contributed by atoms with E-state index in [1.54, 1.807) is 6.21 Å². The van der Waals surface area contributed by atoms with E-state index in [9.17, 15) is 4.79 Å². The van der Waals surface area contributed by atoms with Crippen LogP contribution in [0.4, 0.5) is 0 Å². The average molecular weight is 334 g/mol. The van der Waals surface area contributed by atoms with Crippen molar-refractivity contribution in [1.82, 2.24) is 5.43 Å². The minimum Gasteiger partial charge on any atom is -0.273 e. The summed E-state index contributed by atoms with van der Waals surface area (Å²) in [6, 6.07) is 17.1. The molecule has 1 saturated carbocycles. The largest absolute Gasteiger partial charge is 0.273 e. The molecule has 0 bridgehead atoms. The molecule has 0 unspecified atom stereocenters. The zero-order chi connectivity index (χ0) is 18.0. The Morgan fingerprint density at radius 2 is 1.52 bits per heavy atom. The van der Waals surface area contributed by atoms with Crippen LogP contribution in [-0.2, 0) is 10.2 Å². The molecule has 0 aromatic heterocycles. The molecule has 1 atom stereocenters. The van der Waals surface area contributed by atoms with Crippen LogP contribution in [0.15, 0.2) is 53.6 Å². The molecule has 130 valence electrons. The number of hydrogen-bond acceptors (Lipinski definition) is 2. The van der Waals surface area contributed by atoms with E-state index in [0.717, 1.165) is 6.42 Å². The van der Waals surface area contributed by atoms with Crippen molar-refractivity contribution >= 4 is 12.1 Å². The summed E-state index contributed by atoms with van der Waals surface area (Å²) >= 11 is 0. The van der Waals surface area contributed by atoms with E-state index in [0.29, 0.717) is 5.92 Å². The minimum atomic E-state index is -0.237. The minimum absolute atomic E-state index is 0.00181. The van der Waals surface area contributed by atoms with Crippen molar-refractivity contribution in [3.63, 3.8) is 0 Å². The lowest BCUT2D eigenvalue weighted by molar-refractivity contribution is -0.122. The lowest BCUT2D eigenvalue weighted by Crippen LogP contribution is -2.25. The van der Waals surface area contributed by atoms with Crippen LogP contribution >= 0.6 is 0 Å². The third kappa shape index (κ3) is 3.51. The first-order chi connectivity index (χ1) is 11.9. The number of amides is 1. The van der Waals surface area contributed by atoms with Gasteiger partial charge < -0.3 is 0 Å². The summed E-state index contributed by atoms with van der Waals surface area (Å²) in [5.74, 6) is 0.235. The first kappa shape index (κ1) is 17.4. The maximum absolute atomic E-state index is 12.7. The van der Waals surface area contributed by atoms with Crippen LogP contribution in [-0.4, -0.2) is 12.1 Å². The topological polar surface area (TPSA) is 41.5 Å². The van der Waals surface area contributed by atoms with Crippen LogP contribution in [0.25, 0.3) is 0 Å². The molecule has 1 N–H and O–H groups in total. The number of aryl methyl sites for hydroxylation is 2. The quantitative estimate of drug-likeness (QED) is 0.640. The van der Waals surface area contributed by atoms with Crippen LogP contribution in [0.3, 0.4) is 0 Å². The van der Waals surface area contributed by atoms with Crippen LogP contribution in [0.5, 0.6) is 0 Å². The molecular formula is C22H26N2O. The Morgan fingerprint density at radius 3 is 1.96 bits per heavy atom. The fraction of sp³-hybridized carbons (Fsp3) is 0.364. The molecule has 0 saturated heterocycles. The molecular weight excluding hydrogens is 308 g/mol. The van der Waals surface area contributed by atoms with E-state index >= 15 is 0 Å². The highest BCUT2D eigenvalue weighted by molar-refractivity contribution is 5.86. The van der Waals surface area contributed by atoms with Gasteiger partial charge in [0.1, 0.15) is 0 Å². The van der Waals surface area contributed by atoms with Gasteiger partial charge in [-0.25, -0.2) is 5.43 Å². The Morgan fingerprint density at radius 1 is 1.04 bits per heavy atom. The van der Waals surface area contributed by atoms with Crippen LogP contribution in [0, 0.1) is 25.7 Å². The highest BCUT2D eigenvalue weighted by atomic mass is 16.2. The number of rotatable bonds is 5. The molecule has 1 amide bonds. The predicted molar refractivity (Wildman–Crippen MR) is 103 cm³/mol. The molecule has 0 spiro atoms. The van der Waals surface area contributed by atoms with E-state index in [-0.39, 0.29) is 17.2 Å². The zero-order valence-corrected chi connectivity index (χ0v) is 15.4. The third-order valence-electron chi connectivity index (χ3n) is 4.96. The first-order valence-electron chi connectivity index (χ1n) is 8.91. The van der Waals surface area contributed by atoms with Gasteiger partial charge in [-0.15, -0.1) is 0 Å². The highest BCUT2D eigenvalue weighted by Crippen LogP contribution is 2.59. The number of hydrazone groups is 1. The molecule has 3 rings (SSSR count). The summed E-state index contributed by atoms with van der Waals surface area (Å²) < 4.78 is 0. The third-order valence-corrected chi connectivity index (χ3v) is 4.96. The van der Waals surface area contributed by atoms with Gasteiger partial charge in [0.25, 0.3) is 0 Å². The van der Waals surface area contributed by atoms with Gasteiger partial charge in [0.15, 0.2) is 0 Å². The first-order valence-corrected chi connectivity index (χ1v) is 8.91. The van der Waals surface area contributed by atoms with Gasteiger partial charge in [-0.1, -0.05) is 73.5 Å². The van der Waals surface area contributed by atoms with Crippen LogP contribution in [0.1, 0.15) is 42.5 Å². The van der Waals surface area contributed by atoms with Gasteiger partial charge in [0.2, 0.25) is 5.91 Å². The molecule has 0 aliphatic heterocycles. The number of nitrogens with one attached hydrogen (secondary N) is 1. The smallest absolute Gasteiger partial charge is 0.244 e. The van der Waals surface area contributed by atoms with Crippen molar-refractivity contribution < 1.29 is 4.79 Å². The standard InChI is InChI=1S/C22H26N2O/c1-15(2)14-23-24-21(25)20-13-22(20,18-9-5-16(3)6-10-18)19-11-7-17(4)8-12-19/h5-12,14-15,20H,13H2,1-4H3,(H,24,25)/t20-/m1/s1. The van der Waals surface area contributed by atoms with Gasteiger partial charge in [-0.3, -0.25) is 4.79 Å². The maximum atomic E-state index is 12.7. The number of nitrogens with zero attached hydrogens (tertiary/aromatic N) is 1. The lowest BCUT2D eigenvalue weighted by atomic mass is 9.85. The zero-order valence-electron chi connectivity index (χ0n) is 15.4.